The summed E-state index contributed by atoms with van der Waals surface area (Å²) in [6.45, 7) is 5.28. The minimum atomic E-state index is -3.64. The summed E-state index contributed by atoms with van der Waals surface area (Å²) in [5.41, 5.74) is 0.824. The van der Waals surface area contributed by atoms with E-state index in [0.717, 1.165) is 12.0 Å². The second-order valence-corrected chi connectivity index (χ2v) is 9.33. The van der Waals surface area contributed by atoms with E-state index >= 15 is 0 Å². The summed E-state index contributed by atoms with van der Waals surface area (Å²) in [5.74, 6) is 0.872. The number of aromatic nitrogens is 3. The van der Waals surface area contributed by atoms with Gasteiger partial charge in [0.1, 0.15) is 5.82 Å². The molecule has 0 saturated carbocycles. The Hall–Kier alpha value is -2.46. The second kappa shape index (κ2) is 9.57. The number of sulfonamides is 1. The van der Waals surface area contributed by atoms with Crippen molar-refractivity contribution in [2.24, 2.45) is 13.0 Å². The van der Waals surface area contributed by atoms with Gasteiger partial charge in [-0.05, 0) is 32.3 Å². The van der Waals surface area contributed by atoms with Gasteiger partial charge in [0.15, 0.2) is 5.03 Å². The Balaban J connectivity index is 1.54. The fourth-order valence-corrected chi connectivity index (χ4v) is 4.85. The number of imidazole rings is 1. The number of carbonyl (C=O) groups excluding carboxylic acids is 1. The van der Waals surface area contributed by atoms with Crippen molar-refractivity contribution in [3.05, 3.63) is 35.9 Å². The van der Waals surface area contributed by atoms with Gasteiger partial charge in [0.05, 0.1) is 6.61 Å². The smallest absolute Gasteiger partial charge is 0.262 e. The molecule has 1 aliphatic heterocycles. The summed E-state index contributed by atoms with van der Waals surface area (Å²) in [4.78, 5) is 21.0. The van der Waals surface area contributed by atoms with Crippen LogP contribution in [0.1, 0.15) is 37.6 Å². The SMILES string of the molecule is CCCOc1ncccc1CNC(=O)C1CCN(S(=O)(=O)c2cn(C)c(C)n2)CC1. The Morgan fingerprint density at radius 2 is 2.07 bits per heavy atom. The number of ether oxygens (including phenoxy) is 1. The molecule has 9 nitrogen and oxygen atoms in total. The molecule has 1 fully saturated rings. The zero-order valence-electron chi connectivity index (χ0n) is 17.7. The molecule has 3 heterocycles. The van der Waals surface area contributed by atoms with Crippen LogP contribution in [0.15, 0.2) is 29.6 Å². The summed E-state index contributed by atoms with van der Waals surface area (Å²) in [5, 5.41) is 3.00. The largest absolute Gasteiger partial charge is 0.477 e. The standard InChI is InChI=1S/C20H29N5O4S/c1-4-12-29-20-17(6-5-9-21-20)13-22-19(26)16-7-10-25(11-8-16)30(27,28)18-14-24(3)15(2)23-18/h5-6,9,14,16H,4,7-8,10-13H2,1-3H3,(H,22,26). The van der Waals surface area contributed by atoms with E-state index in [2.05, 4.69) is 15.3 Å². The molecular formula is C20H29N5O4S. The molecule has 0 spiro atoms. The Bertz CT molecular complexity index is 961. The van der Waals surface area contributed by atoms with E-state index in [9.17, 15) is 13.2 Å². The quantitative estimate of drug-likeness (QED) is 0.675. The molecule has 2 aromatic rings. The number of aryl methyl sites for hydroxylation is 2. The second-order valence-electron chi connectivity index (χ2n) is 7.45. The van der Waals surface area contributed by atoms with Crippen molar-refractivity contribution < 1.29 is 17.9 Å². The number of pyridine rings is 1. The van der Waals surface area contributed by atoms with Crippen molar-refractivity contribution in [3.63, 3.8) is 0 Å². The van der Waals surface area contributed by atoms with Gasteiger partial charge in [-0.2, -0.15) is 4.31 Å². The van der Waals surface area contributed by atoms with Gasteiger partial charge >= 0.3 is 0 Å². The van der Waals surface area contributed by atoms with Gasteiger partial charge in [-0.25, -0.2) is 18.4 Å². The zero-order valence-corrected chi connectivity index (χ0v) is 18.5. The summed E-state index contributed by atoms with van der Waals surface area (Å²) in [6.07, 6.45) is 5.01. The van der Waals surface area contributed by atoms with Gasteiger partial charge in [-0.1, -0.05) is 13.0 Å². The average molecular weight is 436 g/mol. The van der Waals surface area contributed by atoms with Crippen LogP contribution in [0.5, 0.6) is 5.88 Å². The highest BCUT2D eigenvalue weighted by Gasteiger charge is 2.33. The maximum absolute atomic E-state index is 12.8. The molecule has 0 atom stereocenters. The van der Waals surface area contributed by atoms with Gasteiger partial charge in [-0.3, -0.25) is 4.79 Å². The molecule has 1 amide bonds. The molecule has 10 heteroatoms. The van der Waals surface area contributed by atoms with Crippen LogP contribution in [0.2, 0.25) is 0 Å². The third-order valence-electron chi connectivity index (χ3n) is 5.26. The van der Waals surface area contributed by atoms with Crippen LogP contribution < -0.4 is 10.1 Å². The summed E-state index contributed by atoms with van der Waals surface area (Å²) in [7, 11) is -1.87. The summed E-state index contributed by atoms with van der Waals surface area (Å²) in [6, 6.07) is 3.69. The van der Waals surface area contributed by atoms with Crippen molar-refractivity contribution in [2.45, 2.75) is 44.7 Å². The van der Waals surface area contributed by atoms with E-state index in [1.165, 1.54) is 10.5 Å². The van der Waals surface area contributed by atoms with Gasteiger partial charge in [0, 0.05) is 50.6 Å². The first-order valence-electron chi connectivity index (χ1n) is 10.2. The normalized spacial score (nSPS) is 15.8. The lowest BCUT2D eigenvalue weighted by molar-refractivity contribution is -0.126. The van der Waals surface area contributed by atoms with E-state index in [-0.39, 0.29) is 16.9 Å². The maximum Gasteiger partial charge on any atom is 0.262 e. The molecule has 164 valence electrons. The van der Waals surface area contributed by atoms with Gasteiger partial charge < -0.3 is 14.6 Å². The monoisotopic (exact) mass is 435 g/mol. The predicted molar refractivity (Wildman–Crippen MR) is 111 cm³/mol. The number of hydrogen-bond donors (Lipinski definition) is 1. The van der Waals surface area contributed by atoms with Crippen LogP contribution in [0.3, 0.4) is 0 Å². The Morgan fingerprint density at radius 3 is 2.70 bits per heavy atom. The third kappa shape index (κ3) is 4.99. The minimum Gasteiger partial charge on any atom is -0.477 e. The molecule has 0 bridgehead atoms. The maximum atomic E-state index is 12.8. The van der Waals surface area contributed by atoms with Crippen molar-refractivity contribution in [3.8, 4) is 5.88 Å². The number of rotatable bonds is 8. The molecule has 0 aliphatic carbocycles. The lowest BCUT2D eigenvalue weighted by Crippen LogP contribution is -2.43. The molecular weight excluding hydrogens is 406 g/mol. The van der Waals surface area contributed by atoms with Gasteiger partial charge in [-0.15, -0.1) is 0 Å². The molecule has 30 heavy (non-hydrogen) atoms. The van der Waals surface area contributed by atoms with E-state index < -0.39 is 10.0 Å². The fourth-order valence-electron chi connectivity index (χ4n) is 3.36. The van der Waals surface area contributed by atoms with E-state index in [0.29, 0.717) is 50.8 Å². The van der Waals surface area contributed by atoms with Crippen molar-refractivity contribution in [1.29, 1.82) is 0 Å². The van der Waals surface area contributed by atoms with Crippen LogP contribution in [0.4, 0.5) is 0 Å². The van der Waals surface area contributed by atoms with Crippen LogP contribution in [0, 0.1) is 12.8 Å². The number of piperidine rings is 1. The molecule has 0 radical (unpaired) electrons. The van der Waals surface area contributed by atoms with Crippen LogP contribution >= 0.6 is 0 Å². The lowest BCUT2D eigenvalue weighted by atomic mass is 9.97. The molecule has 0 aromatic carbocycles. The van der Waals surface area contributed by atoms with Crippen LogP contribution in [-0.2, 0) is 28.4 Å². The first-order valence-corrected chi connectivity index (χ1v) is 11.6. The van der Waals surface area contributed by atoms with E-state index in [4.69, 9.17) is 4.74 Å². The van der Waals surface area contributed by atoms with Crippen LogP contribution in [-0.4, -0.2) is 52.9 Å². The molecule has 1 N–H and O–H groups in total. The molecule has 3 rings (SSSR count). The number of hydrogen-bond acceptors (Lipinski definition) is 6. The molecule has 2 aromatic heterocycles. The lowest BCUT2D eigenvalue weighted by Gasteiger charge is -2.30. The Labute approximate surface area is 177 Å². The van der Waals surface area contributed by atoms with E-state index in [1.807, 2.05) is 19.1 Å². The number of amides is 1. The summed E-state index contributed by atoms with van der Waals surface area (Å²) >= 11 is 0. The van der Waals surface area contributed by atoms with Crippen molar-refractivity contribution in [2.75, 3.05) is 19.7 Å². The van der Waals surface area contributed by atoms with Crippen molar-refractivity contribution >= 4 is 15.9 Å². The highest BCUT2D eigenvalue weighted by Crippen LogP contribution is 2.24. The Morgan fingerprint density at radius 1 is 1.33 bits per heavy atom. The zero-order chi connectivity index (χ0) is 21.7. The average Bonchev–Trinajstić information content (AvgIpc) is 3.10. The predicted octanol–water partition coefficient (Wildman–Crippen LogP) is 1.63. The van der Waals surface area contributed by atoms with Crippen molar-refractivity contribution in [1.82, 2.24) is 24.2 Å². The summed E-state index contributed by atoms with van der Waals surface area (Å²) < 4.78 is 34.3. The first-order chi connectivity index (χ1) is 14.3. The molecule has 1 saturated heterocycles. The number of nitrogens with one attached hydrogen (secondary N) is 1. The van der Waals surface area contributed by atoms with Gasteiger partial charge in [0.25, 0.3) is 10.0 Å². The first kappa shape index (κ1) is 22.2. The highest BCUT2D eigenvalue weighted by molar-refractivity contribution is 7.89. The topological polar surface area (TPSA) is 106 Å². The fraction of sp³-hybridized carbons (Fsp3) is 0.550. The number of carbonyl (C=O) groups is 1. The van der Waals surface area contributed by atoms with Gasteiger partial charge in [0.2, 0.25) is 11.8 Å². The molecule has 1 aliphatic rings. The Kier molecular flexibility index (Phi) is 7.09. The minimum absolute atomic E-state index is 0.0570. The third-order valence-corrected chi connectivity index (χ3v) is 7.03. The van der Waals surface area contributed by atoms with E-state index in [1.54, 1.807) is 24.7 Å². The molecule has 0 unspecified atom stereocenters. The van der Waals surface area contributed by atoms with Crippen LogP contribution in [0.25, 0.3) is 0 Å². The highest BCUT2D eigenvalue weighted by atomic mass is 32.2. The number of nitrogens with zero attached hydrogens (tertiary/aromatic N) is 4.